The maximum atomic E-state index is 12.5. The highest BCUT2D eigenvalue weighted by atomic mass is 19.1. The number of nitrogens with one attached hydrogen (secondary N) is 2. The van der Waals surface area contributed by atoms with Crippen molar-refractivity contribution in [2.75, 3.05) is 7.05 Å². The summed E-state index contributed by atoms with van der Waals surface area (Å²) in [4.78, 5) is 21.8. The van der Waals surface area contributed by atoms with Crippen LogP contribution in [0.4, 0.5) is 4.39 Å². The van der Waals surface area contributed by atoms with Gasteiger partial charge in [0.25, 0.3) is 0 Å². The minimum absolute atomic E-state index is 0.201. The van der Waals surface area contributed by atoms with Gasteiger partial charge in [0.05, 0.1) is 0 Å². The maximum absolute atomic E-state index is 12.5. The molecule has 4 nitrogen and oxygen atoms in total. The van der Waals surface area contributed by atoms with Crippen LogP contribution in [0.3, 0.4) is 0 Å². The molecule has 0 radical (unpaired) electrons. The number of halogens is 1. The molecule has 0 atom stereocenters. The average molecular weight is 210 g/mol. The first-order chi connectivity index (χ1) is 7.13. The van der Waals surface area contributed by atoms with Crippen molar-refractivity contribution in [3.63, 3.8) is 0 Å². The molecule has 0 saturated carbocycles. The summed E-state index contributed by atoms with van der Waals surface area (Å²) >= 11 is 0. The van der Waals surface area contributed by atoms with Gasteiger partial charge in [0.15, 0.2) is 0 Å². The van der Waals surface area contributed by atoms with Gasteiger partial charge < -0.3 is 10.6 Å². The number of benzene rings is 1. The molecular weight excluding hydrogens is 199 g/mol. The average Bonchev–Trinajstić information content (AvgIpc) is 2.26. The van der Waals surface area contributed by atoms with E-state index in [0.717, 1.165) is 5.56 Å². The van der Waals surface area contributed by atoms with Crippen molar-refractivity contribution < 1.29 is 14.0 Å². The van der Waals surface area contributed by atoms with E-state index in [2.05, 4.69) is 10.6 Å². The Morgan fingerprint density at radius 3 is 2.33 bits per heavy atom. The lowest BCUT2D eigenvalue weighted by Gasteiger charge is -2.03. The molecule has 0 aliphatic heterocycles. The highest BCUT2D eigenvalue weighted by Crippen LogP contribution is 2.01. The van der Waals surface area contributed by atoms with Crippen LogP contribution in [0, 0.1) is 5.82 Å². The highest BCUT2D eigenvalue weighted by molar-refractivity contribution is 6.34. The highest BCUT2D eigenvalue weighted by Gasteiger charge is 2.09. The zero-order chi connectivity index (χ0) is 11.3. The van der Waals surface area contributed by atoms with Gasteiger partial charge in [-0.3, -0.25) is 9.59 Å². The van der Waals surface area contributed by atoms with E-state index >= 15 is 0 Å². The SMILES string of the molecule is CNC(=O)C(=O)NCc1ccc(F)cc1. The fourth-order valence-electron chi connectivity index (χ4n) is 0.978. The Hall–Kier alpha value is -1.91. The van der Waals surface area contributed by atoms with Gasteiger partial charge in [0.2, 0.25) is 0 Å². The first kappa shape index (κ1) is 11.2. The van der Waals surface area contributed by atoms with Crippen molar-refractivity contribution in [2.24, 2.45) is 0 Å². The molecule has 1 aromatic rings. The molecule has 0 bridgehead atoms. The zero-order valence-corrected chi connectivity index (χ0v) is 8.21. The van der Waals surface area contributed by atoms with Gasteiger partial charge in [-0.2, -0.15) is 0 Å². The number of carbonyl (C=O) groups excluding carboxylic acids is 2. The second-order valence-corrected chi connectivity index (χ2v) is 2.89. The van der Waals surface area contributed by atoms with Crippen LogP contribution in [-0.2, 0) is 16.1 Å². The van der Waals surface area contributed by atoms with Crippen LogP contribution < -0.4 is 10.6 Å². The van der Waals surface area contributed by atoms with Crippen LogP contribution in [0.1, 0.15) is 5.56 Å². The molecule has 0 heterocycles. The Labute approximate surface area is 86.5 Å². The number of amides is 2. The topological polar surface area (TPSA) is 58.2 Å². The first-order valence-electron chi connectivity index (χ1n) is 4.38. The van der Waals surface area contributed by atoms with Gasteiger partial charge in [-0.15, -0.1) is 0 Å². The lowest BCUT2D eigenvalue weighted by Crippen LogP contribution is -2.37. The summed E-state index contributed by atoms with van der Waals surface area (Å²) in [5, 5.41) is 4.59. The molecule has 0 fully saturated rings. The van der Waals surface area contributed by atoms with Crippen molar-refractivity contribution >= 4 is 11.8 Å². The number of likely N-dealkylation sites (N-methyl/N-ethyl adjacent to an activating group) is 1. The second kappa shape index (κ2) is 5.09. The lowest BCUT2D eigenvalue weighted by atomic mass is 10.2. The van der Waals surface area contributed by atoms with E-state index < -0.39 is 11.8 Å². The van der Waals surface area contributed by atoms with Gasteiger partial charge >= 0.3 is 11.8 Å². The summed E-state index contributed by atoms with van der Waals surface area (Å²) in [6.07, 6.45) is 0. The minimum Gasteiger partial charge on any atom is -0.351 e. The molecule has 0 aromatic heterocycles. The number of rotatable bonds is 2. The predicted molar refractivity (Wildman–Crippen MR) is 52.3 cm³/mol. The summed E-state index contributed by atoms with van der Waals surface area (Å²) in [6, 6.07) is 5.67. The summed E-state index contributed by atoms with van der Waals surface area (Å²) in [7, 11) is 1.37. The van der Waals surface area contributed by atoms with E-state index in [-0.39, 0.29) is 12.4 Å². The van der Waals surface area contributed by atoms with E-state index in [9.17, 15) is 14.0 Å². The van der Waals surface area contributed by atoms with E-state index in [0.29, 0.717) is 0 Å². The first-order valence-corrected chi connectivity index (χ1v) is 4.38. The van der Waals surface area contributed by atoms with Crippen LogP contribution >= 0.6 is 0 Å². The monoisotopic (exact) mass is 210 g/mol. The third kappa shape index (κ3) is 3.38. The van der Waals surface area contributed by atoms with Gasteiger partial charge in [0.1, 0.15) is 5.82 Å². The molecule has 0 aliphatic carbocycles. The molecule has 1 rings (SSSR count). The van der Waals surface area contributed by atoms with Gasteiger partial charge in [-0.1, -0.05) is 12.1 Å². The Balaban J connectivity index is 2.47. The molecule has 0 aliphatic rings. The Morgan fingerprint density at radius 2 is 1.80 bits per heavy atom. The Kier molecular flexibility index (Phi) is 3.79. The number of hydrogen-bond donors (Lipinski definition) is 2. The summed E-state index contributed by atoms with van der Waals surface area (Å²) in [5.41, 5.74) is 0.730. The third-order valence-corrected chi connectivity index (χ3v) is 1.80. The van der Waals surface area contributed by atoms with Crippen molar-refractivity contribution in [3.05, 3.63) is 35.6 Å². The zero-order valence-electron chi connectivity index (χ0n) is 8.21. The molecule has 2 N–H and O–H groups in total. The molecule has 0 unspecified atom stereocenters. The van der Waals surface area contributed by atoms with E-state index in [1.165, 1.54) is 19.2 Å². The fourth-order valence-corrected chi connectivity index (χ4v) is 0.978. The number of carbonyl (C=O) groups is 2. The van der Waals surface area contributed by atoms with Gasteiger partial charge in [0, 0.05) is 13.6 Å². The second-order valence-electron chi connectivity index (χ2n) is 2.89. The van der Waals surface area contributed by atoms with Crippen molar-refractivity contribution in [2.45, 2.75) is 6.54 Å². The molecule has 15 heavy (non-hydrogen) atoms. The maximum Gasteiger partial charge on any atom is 0.309 e. The number of hydrogen-bond acceptors (Lipinski definition) is 2. The van der Waals surface area contributed by atoms with Crippen LogP contribution in [0.5, 0.6) is 0 Å². The minimum atomic E-state index is -0.707. The molecule has 5 heteroatoms. The van der Waals surface area contributed by atoms with E-state index in [1.54, 1.807) is 12.1 Å². The van der Waals surface area contributed by atoms with Crippen molar-refractivity contribution in [1.82, 2.24) is 10.6 Å². The van der Waals surface area contributed by atoms with Gasteiger partial charge in [-0.05, 0) is 17.7 Å². The third-order valence-electron chi connectivity index (χ3n) is 1.80. The molecule has 0 spiro atoms. The van der Waals surface area contributed by atoms with E-state index in [4.69, 9.17) is 0 Å². The van der Waals surface area contributed by atoms with Gasteiger partial charge in [-0.25, -0.2) is 4.39 Å². The predicted octanol–water partition coefficient (Wildman–Crippen LogP) is 0.188. The molecule has 80 valence electrons. The van der Waals surface area contributed by atoms with Crippen LogP contribution in [0.25, 0.3) is 0 Å². The smallest absolute Gasteiger partial charge is 0.309 e. The van der Waals surface area contributed by atoms with Crippen LogP contribution in [-0.4, -0.2) is 18.9 Å². The lowest BCUT2D eigenvalue weighted by molar-refractivity contribution is -0.139. The van der Waals surface area contributed by atoms with Crippen molar-refractivity contribution in [3.8, 4) is 0 Å². The van der Waals surface area contributed by atoms with Crippen LogP contribution in [0.2, 0.25) is 0 Å². The normalized spacial score (nSPS) is 9.47. The standard InChI is InChI=1S/C10H11FN2O2/c1-12-9(14)10(15)13-6-7-2-4-8(11)5-3-7/h2-5H,6H2,1H3,(H,12,14)(H,13,15). The molecular formula is C10H11FN2O2. The van der Waals surface area contributed by atoms with E-state index in [1.807, 2.05) is 0 Å². The Bertz CT molecular complexity index is 362. The fraction of sp³-hybridized carbons (Fsp3) is 0.200. The summed E-state index contributed by atoms with van der Waals surface area (Å²) < 4.78 is 12.5. The largest absolute Gasteiger partial charge is 0.351 e. The van der Waals surface area contributed by atoms with Crippen LogP contribution in [0.15, 0.2) is 24.3 Å². The quantitative estimate of drug-likeness (QED) is 0.684. The van der Waals surface area contributed by atoms with Crippen molar-refractivity contribution in [1.29, 1.82) is 0 Å². The summed E-state index contributed by atoms with van der Waals surface area (Å²) in [6.45, 7) is 0.201. The molecule has 0 saturated heterocycles. The molecule has 1 aromatic carbocycles. The Morgan fingerprint density at radius 1 is 1.20 bits per heavy atom. The summed E-state index contributed by atoms with van der Waals surface area (Å²) in [5.74, 6) is -1.74. The molecule has 2 amide bonds.